The third-order valence-corrected chi connectivity index (χ3v) is 4.35. The van der Waals surface area contributed by atoms with Crippen LogP contribution < -0.4 is 10.1 Å². The number of benzene rings is 2. The maximum absolute atomic E-state index is 6.23. The summed E-state index contributed by atoms with van der Waals surface area (Å²) in [6.07, 6.45) is 0.957. The van der Waals surface area contributed by atoms with Crippen LogP contribution in [0.15, 0.2) is 42.5 Å². The fraction of sp³-hybridized carbons (Fsp3) is 0.294. The van der Waals surface area contributed by atoms with Crippen LogP contribution in [0, 0.1) is 0 Å². The van der Waals surface area contributed by atoms with Crippen molar-refractivity contribution >= 4 is 23.2 Å². The number of para-hydroxylation sites is 1. The predicted octanol–water partition coefficient (Wildman–Crippen LogP) is 5.24. The monoisotopic (exact) mass is 323 g/mol. The largest absolute Gasteiger partial charge is 0.496 e. The first-order valence-electron chi connectivity index (χ1n) is 6.96. The Morgan fingerprint density at radius 2 is 1.86 bits per heavy atom. The SMILES string of the molecule is CCC(NCc1cccc(Cl)c1Cl)c1ccccc1OC. The molecule has 21 heavy (non-hydrogen) atoms. The number of hydrogen-bond acceptors (Lipinski definition) is 2. The van der Waals surface area contributed by atoms with E-state index in [1.807, 2.05) is 30.3 Å². The molecule has 0 heterocycles. The highest BCUT2D eigenvalue weighted by molar-refractivity contribution is 6.42. The van der Waals surface area contributed by atoms with Gasteiger partial charge in [-0.1, -0.05) is 60.5 Å². The van der Waals surface area contributed by atoms with E-state index in [2.05, 4.69) is 18.3 Å². The minimum absolute atomic E-state index is 0.205. The van der Waals surface area contributed by atoms with Gasteiger partial charge in [0.1, 0.15) is 5.75 Å². The second kappa shape index (κ2) is 7.69. The average molecular weight is 324 g/mol. The van der Waals surface area contributed by atoms with Gasteiger partial charge in [-0.25, -0.2) is 0 Å². The number of nitrogens with one attached hydrogen (secondary N) is 1. The van der Waals surface area contributed by atoms with Crippen molar-refractivity contribution in [1.82, 2.24) is 5.32 Å². The van der Waals surface area contributed by atoms with Crippen molar-refractivity contribution < 1.29 is 4.74 Å². The van der Waals surface area contributed by atoms with Crippen molar-refractivity contribution in [3.05, 3.63) is 63.6 Å². The Kier molecular flexibility index (Phi) is 5.92. The van der Waals surface area contributed by atoms with E-state index in [9.17, 15) is 0 Å². The predicted molar refractivity (Wildman–Crippen MR) is 89.3 cm³/mol. The Labute approximate surface area is 136 Å². The molecule has 0 spiro atoms. The van der Waals surface area contributed by atoms with Gasteiger partial charge in [0.2, 0.25) is 0 Å². The van der Waals surface area contributed by atoms with Crippen LogP contribution >= 0.6 is 23.2 Å². The van der Waals surface area contributed by atoms with Gasteiger partial charge in [-0.15, -0.1) is 0 Å². The fourth-order valence-corrected chi connectivity index (χ4v) is 2.73. The lowest BCUT2D eigenvalue weighted by molar-refractivity contribution is 0.396. The van der Waals surface area contributed by atoms with Crippen LogP contribution in [-0.4, -0.2) is 7.11 Å². The van der Waals surface area contributed by atoms with E-state index in [4.69, 9.17) is 27.9 Å². The summed E-state index contributed by atoms with van der Waals surface area (Å²) in [6.45, 7) is 2.81. The first kappa shape index (κ1) is 16.2. The molecule has 0 bridgehead atoms. The molecule has 1 unspecified atom stereocenters. The highest BCUT2D eigenvalue weighted by Crippen LogP contribution is 2.29. The lowest BCUT2D eigenvalue weighted by Crippen LogP contribution is -2.21. The first-order valence-corrected chi connectivity index (χ1v) is 7.72. The average Bonchev–Trinajstić information content (AvgIpc) is 2.52. The standard InChI is InChI=1S/C17H19Cl2NO/c1-3-15(13-8-4-5-10-16(13)21-2)20-11-12-7-6-9-14(18)17(12)19/h4-10,15,20H,3,11H2,1-2H3. The highest BCUT2D eigenvalue weighted by Gasteiger charge is 2.14. The molecule has 0 radical (unpaired) electrons. The zero-order valence-electron chi connectivity index (χ0n) is 12.2. The summed E-state index contributed by atoms with van der Waals surface area (Å²) in [5.74, 6) is 0.897. The first-order chi connectivity index (χ1) is 10.2. The van der Waals surface area contributed by atoms with Crippen LogP contribution in [0.2, 0.25) is 10.0 Å². The third kappa shape index (κ3) is 3.91. The van der Waals surface area contributed by atoms with E-state index >= 15 is 0 Å². The molecule has 1 atom stereocenters. The summed E-state index contributed by atoms with van der Waals surface area (Å²) in [7, 11) is 1.69. The molecule has 2 nitrogen and oxygen atoms in total. The molecule has 0 aliphatic heterocycles. The summed E-state index contributed by atoms with van der Waals surface area (Å²) in [4.78, 5) is 0. The minimum atomic E-state index is 0.205. The van der Waals surface area contributed by atoms with E-state index in [0.29, 0.717) is 16.6 Å². The summed E-state index contributed by atoms with van der Waals surface area (Å²) in [5.41, 5.74) is 2.15. The second-order valence-corrected chi connectivity index (χ2v) is 5.58. The maximum Gasteiger partial charge on any atom is 0.123 e. The molecule has 0 fully saturated rings. The van der Waals surface area contributed by atoms with E-state index in [1.165, 1.54) is 0 Å². The van der Waals surface area contributed by atoms with E-state index in [1.54, 1.807) is 13.2 Å². The maximum atomic E-state index is 6.23. The zero-order chi connectivity index (χ0) is 15.2. The Hall–Kier alpha value is -1.22. The molecule has 0 amide bonds. The van der Waals surface area contributed by atoms with Crippen molar-refractivity contribution in [3.63, 3.8) is 0 Å². The molecule has 1 N–H and O–H groups in total. The number of hydrogen-bond donors (Lipinski definition) is 1. The number of rotatable bonds is 6. The second-order valence-electron chi connectivity index (χ2n) is 4.80. The van der Waals surface area contributed by atoms with E-state index in [0.717, 1.165) is 23.3 Å². The molecule has 0 aliphatic rings. The van der Waals surface area contributed by atoms with Crippen molar-refractivity contribution in [2.45, 2.75) is 25.9 Å². The molecule has 2 rings (SSSR count). The molecule has 2 aromatic carbocycles. The Morgan fingerprint density at radius 1 is 1.10 bits per heavy atom. The molecule has 2 aromatic rings. The third-order valence-electron chi connectivity index (χ3n) is 3.49. The van der Waals surface area contributed by atoms with Gasteiger partial charge >= 0.3 is 0 Å². The fourth-order valence-electron chi connectivity index (χ4n) is 2.35. The molecule has 112 valence electrons. The summed E-state index contributed by atoms with van der Waals surface area (Å²) < 4.78 is 5.44. The Morgan fingerprint density at radius 3 is 2.57 bits per heavy atom. The Bertz CT molecular complexity index is 601. The van der Waals surface area contributed by atoms with Gasteiger partial charge < -0.3 is 10.1 Å². The van der Waals surface area contributed by atoms with Crippen LogP contribution in [0.3, 0.4) is 0 Å². The lowest BCUT2D eigenvalue weighted by Gasteiger charge is -2.20. The topological polar surface area (TPSA) is 21.3 Å². The van der Waals surface area contributed by atoms with Gasteiger partial charge in [0, 0.05) is 18.2 Å². The Balaban J connectivity index is 2.14. The van der Waals surface area contributed by atoms with Crippen LogP contribution in [0.5, 0.6) is 5.75 Å². The van der Waals surface area contributed by atoms with Crippen LogP contribution in [0.4, 0.5) is 0 Å². The van der Waals surface area contributed by atoms with E-state index < -0.39 is 0 Å². The van der Waals surface area contributed by atoms with Gasteiger partial charge in [-0.3, -0.25) is 0 Å². The van der Waals surface area contributed by atoms with Crippen molar-refractivity contribution in [1.29, 1.82) is 0 Å². The van der Waals surface area contributed by atoms with Crippen molar-refractivity contribution in [2.24, 2.45) is 0 Å². The van der Waals surface area contributed by atoms with Gasteiger partial charge in [0.25, 0.3) is 0 Å². The molecule has 0 aliphatic carbocycles. The minimum Gasteiger partial charge on any atom is -0.496 e. The number of methoxy groups -OCH3 is 1. The van der Waals surface area contributed by atoms with Crippen LogP contribution in [-0.2, 0) is 6.54 Å². The van der Waals surface area contributed by atoms with E-state index in [-0.39, 0.29) is 6.04 Å². The quantitative estimate of drug-likeness (QED) is 0.784. The van der Waals surface area contributed by atoms with Gasteiger partial charge in [-0.05, 0) is 24.1 Å². The molecular formula is C17H19Cl2NO. The zero-order valence-corrected chi connectivity index (χ0v) is 13.7. The summed E-state index contributed by atoms with van der Waals surface area (Å²) >= 11 is 12.3. The van der Waals surface area contributed by atoms with Gasteiger partial charge in [0.15, 0.2) is 0 Å². The smallest absolute Gasteiger partial charge is 0.123 e. The van der Waals surface area contributed by atoms with Gasteiger partial charge in [-0.2, -0.15) is 0 Å². The molecule has 4 heteroatoms. The van der Waals surface area contributed by atoms with Gasteiger partial charge in [0.05, 0.1) is 17.2 Å². The number of halogens is 2. The van der Waals surface area contributed by atoms with Crippen molar-refractivity contribution in [3.8, 4) is 5.75 Å². The summed E-state index contributed by atoms with van der Waals surface area (Å²) in [6, 6.07) is 14.0. The normalized spacial score (nSPS) is 12.2. The summed E-state index contributed by atoms with van der Waals surface area (Å²) in [5, 5.41) is 4.72. The molecule has 0 saturated carbocycles. The van der Waals surface area contributed by atoms with Crippen molar-refractivity contribution in [2.75, 3.05) is 7.11 Å². The molecule has 0 saturated heterocycles. The van der Waals surface area contributed by atoms with Crippen LogP contribution in [0.1, 0.15) is 30.5 Å². The highest BCUT2D eigenvalue weighted by atomic mass is 35.5. The molecular weight excluding hydrogens is 305 g/mol. The van der Waals surface area contributed by atoms with Crippen LogP contribution in [0.25, 0.3) is 0 Å². The number of ether oxygens (including phenoxy) is 1. The molecule has 0 aromatic heterocycles. The lowest BCUT2D eigenvalue weighted by atomic mass is 10.0.